The molecule has 0 amide bonds. The predicted molar refractivity (Wildman–Crippen MR) is 118 cm³/mol. The van der Waals surface area contributed by atoms with Gasteiger partial charge in [0, 0.05) is 28.2 Å². The SMILES string of the molecule is COC(=O)CCc1sc(-c2ccnc(NC3CC(C)(C)NC(C)(C)C3)n2)cc1C. The molecule has 1 fully saturated rings. The minimum atomic E-state index is -0.180. The smallest absolute Gasteiger partial charge is 0.305 e. The maximum Gasteiger partial charge on any atom is 0.305 e. The van der Waals surface area contributed by atoms with Gasteiger partial charge in [0.05, 0.1) is 24.1 Å². The number of aromatic nitrogens is 2. The van der Waals surface area contributed by atoms with E-state index in [-0.39, 0.29) is 17.0 Å². The topological polar surface area (TPSA) is 76.1 Å². The Kier molecular flexibility index (Phi) is 6.29. The lowest BCUT2D eigenvalue weighted by molar-refractivity contribution is -0.140. The van der Waals surface area contributed by atoms with Crippen molar-refractivity contribution in [2.24, 2.45) is 0 Å². The summed E-state index contributed by atoms with van der Waals surface area (Å²) in [7, 11) is 1.43. The second kappa shape index (κ2) is 8.40. The molecule has 158 valence electrons. The first-order chi connectivity index (χ1) is 13.6. The highest BCUT2D eigenvalue weighted by Crippen LogP contribution is 2.33. The Morgan fingerprint density at radius 2 is 2.00 bits per heavy atom. The van der Waals surface area contributed by atoms with Crippen LogP contribution in [-0.4, -0.2) is 40.2 Å². The average molecular weight is 417 g/mol. The standard InChI is InChI=1S/C22H32N4O2S/c1-14-11-18(29-17(14)7-8-19(27)28-6)16-9-10-23-20(25-16)24-15-12-21(2,3)26-22(4,5)13-15/h9-11,15,26H,7-8,12-13H2,1-6H3,(H,23,24,25). The van der Waals surface area contributed by atoms with Crippen LogP contribution in [0.25, 0.3) is 10.6 Å². The van der Waals surface area contributed by atoms with Crippen LogP contribution in [0.1, 0.15) is 57.4 Å². The number of carbonyl (C=O) groups is 1. The van der Waals surface area contributed by atoms with Crippen LogP contribution in [0, 0.1) is 6.92 Å². The van der Waals surface area contributed by atoms with Gasteiger partial charge in [-0.05, 0) is 71.6 Å². The Morgan fingerprint density at radius 1 is 1.31 bits per heavy atom. The van der Waals surface area contributed by atoms with Crippen molar-refractivity contribution in [1.29, 1.82) is 0 Å². The molecule has 0 bridgehead atoms. The lowest BCUT2D eigenvalue weighted by atomic mass is 9.80. The molecule has 0 aromatic carbocycles. The molecule has 0 unspecified atom stereocenters. The quantitative estimate of drug-likeness (QED) is 0.682. The van der Waals surface area contributed by atoms with Gasteiger partial charge < -0.3 is 15.4 Å². The summed E-state index contributed by atoms with van der Waals surface area (Å²) in [5.74, 6) is 0.490. The lowest BCUT2D eigenvalue weighted by Crippen LogP contribution is -2.60. The second-order valence-electron chi connectivity index (χ2n) is 9.20. The molecule has 1 aliphatic rings. The Hall–Kier alpha value is -1.99. The van der Waals surface area contributed by atoms with Crippen molar-refractivity contribution in [2.75, 3.05) is 12.4 Å². The number of rotatable bonds is 6. The van der Waals surface area contributed by atoms with Crippen LogP contribution in [0.4, 0.5) is 5.95 Å². The molecule has 29 heavy (non-hydrogen) atoms. The van der Waals surface area contributed by atoms with E-state index in [1.165, 1.54) is 17.6 Å². The largest absolute Gasteiger partial charge is 0.469 e. The van der Waals surface area contributed by atoms with Crippen LogP contribution >= 0.6 is 11.3 Å². The highest BCUT2D eigenvalue weighted by molar-refractivity contribution is 7.15. The van der Waals surface area contributed by atoms with Gasteiger partial charge in [-0.25, -0.2) is 9.97 Å². The van der Waals surface area contributed by atoms with E-state index < -0.39 is 0 Å². The summed E-state index contributed by atoms with van der Waals surface area (Å²) in [4.78, 5) is 23.0. The average Bonchev–Trinajstić information content (AvgIpc) is 2.98. The van der Waals surface area contributed by atoms with Gasteiger partial charge in [-0.15, -0.1) is 11.3 Å². The van der Waals surface area contributed by atoms with Crippen LogP contribution in [0.15, 0.2) is 18.3 Å². The molecular formula is C22H32N4O2S. The van der Waals surface area contributed by atoms with Crippen molar-refractivity contribution in [3.8, 4) is 10.6 Å². The molecule has 2 aromatic heterocycles. The minimum absolute atomic E-state index is 0.0659. The van der Waals surface area contributed by atoms with E-state index in [9.17, 15) is 4.79 Å². The van der Waals surface area contributed by atoms with E-state index in [0.717, 1.165) is 23.4 Å². The predicted octanol–water partition coefficient (Wildman–Crippen LogP) is 4.34. The summed E-state index contributed by atoms with van der Waals surface area (Å²) >= 11 is 1.68. The maximum absolute atomic E-state index is 11.4. The maximum atomic E-state index is 11.4. The number of methoxy groups -OCH3 is 1. The Labute approximate surface area is 177 Å². The van der Waals surface area contributed by atoms with Gasteiger partial charge in [0.25, 0.3) is 0 Å². The molecular weight excluding hydrogens is 384 g/mol. The van der Waals surface area contributed by atoms with Crippen LogP contribution in [-0.2, 0) is 16.0 Å². The first-order valence-corrected chi connectivity index (χ1v) is 10.9. The fourth-order valence-corrected chi connectivity index (χ4v) is 5.53. The summed E-state index contributed by atoms with van der Waals surface area (Å²) < 4.78 is 4.75. The van der Waals surface area contributed by atoms with Gasteiger partial charge in [0.2, 0.25) is 5.95 Å². The van der Waals surface area contributed by atoms with E-state index in [1.54, 1.807) is 11.3 Å². The Bertz CT molecular complexity index is 859. The van der Waals surface area contributed by atoms with E-state index in [4.69, 9.17) is 9.72 Å². The number of thiophene rings is 1. The molecule has 3 rings (SSSR count). The first kappa shape index (κ1) is 21.7. The Morgan fingerprint density at radius 3 is 2.66 bits per heavy atom. The van der Waals surface area contributed by atoms with E-state index in [2.05, 4.69) is 56.3 Å². The van der Waals surface area contributed by atoms with Crippen LogP contribution in [0.5, 0.6) is 0 Å². The molecule has 0 saturated carbocycles. The molecule has 2 N–H and O–H groups in total. The van der Waals surface area contributed by atoms with E-state index >= 15 is 0 Å². The molecule has 1 saturated heterocycles. The number of anilines is 1. The summed E-state index contributed by atoms with van der Waals surface area (Å²) in [6.07, 6.45) is 4.93. The zero-order valence-electron chi connectivity index (χ0n) is 18.3. The monoisotopic (exact) mass is 416 g/mol. The summed E-state index contributed by atoms with van der Waals surface area (Å²) in [6.45, 7) is 11.0. The van der Waals surface area contributed by atoms with Gasteiger partial charge in [0.15, 0.2) is 0 Å². The van der Waals surface area contributed by atoms with Crippen molar-refractivity contribution in [2.45, 2.75) is 77.4 Å². The van der Waals surface area contributed by atoms with Crippen molar-refractivity contribution in [3.05, 3.63) is 28.8 Å². The third kappa shape index (κ3) is 5.76. The Balaban J connectivity index is 1.74. The molecule has 0 aliphatic carbocycles. The van der Waals surface area contributed by atoms with Crippen molar-refractivity contribution in [1.82, 2.24) is 15.3 Å². The van der Waals surface area contributed by atoms with Crippen LogP contribution < -0.4 is 10.6 Å². The molecule has 3 heterocycles. The molecule has 0 spiro atoms. The molecule has 1 aliphatic heterocycles. The number of nitrogens with one attached hydrogen (secondary N) is 2. The minimum Gasteiger partial charge on any atom is -0.469 e. The summed E-state index contributed by atoms with van der Waals surface area (Å²) in [5.41, 5.74) is 2.23. The third-order valence-electron chi connectivity index (χ3n) is 5.24. The number of hydrogen-bond donors (Lipinski definition) is 2. The number of aryl methyl sites for hydroxylation is 2. The van der Waals surface area contributed by atoms with E-state index in [1.807, 2.05) is 12.3 Å². The number of carbonyl (C=O) groups excluding carboxylic acids is 1. The number of ether oxygens (including phenoxy) is 1. The summed E-state index contributed by atoms with van der Waals surface area (Å²) in [6, 6.07) is 4.40. The van der Waals surface area contributed by atoms with Crippen LogP contribution in [0.2, 0.25) is 0 Å². The highest BCUT2D eigenvalue weighted by Gasteiger charge is 2.37. The normalized spacial score (nSPS) is 18.4. The van der Waals surface area contributed by atoms with E-state index in [0.29, 0.717) is 24.8 Å². The van der Waals surface area contributed by atoms with Crippen molar-refractivity contribution in [3.63, 3.8) is 0 Å². The third-order valence-corrected chi connectivity index (χ3v) is 6.56. The number of piperidine rings is 1. The molecule has 0 radical (unpaired) electrons. The van der Waals surface area contributed by atoms with Gasteiger partial charge >= 0.3 is 5.97 Å². The first-order valence-electron chi connectivity index (χ1n) is 10.1. The zero-order chi connectivity index (χ0) is 21.2. The zero-order valence-corrected chi connectivity index (χ0v) is 19.1. The second-order valence-corrected chi connectivity index (χ2v) is 10.3. The number of esters is 1. The summed E-state index contributed by atoms with van der Waals surface area (Å²) in [5, 5.41) is 7.26. The molecule has 2 aromatic rings. The van der Waals surface area contributed by atoms with Gasteiger partial charge in [0.1, 0.15) is 0 Å². The van der Waals surface area contributed by atoms with Crippen LogP contribution in [0.3, 0.4) is 0 Å². The molecule has 7 heteroatoms. The highest BCUT2D eigenvalue weighted by atomic mass is 32.1. The molecule has 0 atom stereocenters. The lowest BCUT2D eigenvalue weighted by Gasteiger charge is -2.46. The van der Waals surface area contributed by atoms with Gasteiger partial charge in [-0.3, -0.25) is 4.79 Å². The number of nitrogens with zero attached hydrogens (tertiary/aromatic N) is 2. The molecule has 6 nitrogen and oxygen atoms in total. The fourth-order valence-electron chi connectivity index (χ4n) is 4.38. The van der Waals surface area contributed by atoms with Crippen molar-refractivity contribution >= 4 is 23.3 Å². The van der Waals surface area contributed by atoms with Gasteiger partial charge in [-0.2, -0.15) is 0 Å². The van der Waals surface area contributed by atoms with Gasteiger partial charge in [-0.1, -0.05) is 0 Å². The number of hydrogen-bond acceptors (Lipinski definition) is 7. The van der Waals surface area contributed by atoms with Crippen molar-refractivity contribution < 1.29 is 9.53 Å². The fraction of sp³-hybridized carbons (Fsp3) is 0.591.